The van der Waals surface area contributed by atoms with Crippen LogP contribution in [0.3, 0.4) is 0 Å². The van der Waals surface area contributed by atoms with Gasteiger partial charge >= 0.3 is 0 Å². The van der Waals surface area contributed by atoms with Crippen molar-refractivity contribution in [1.82, 2.24) is 14.4 Å². The Hall–Kier alpha value is -2.94. The maximum Gasteiger partial charge on any atom is 0.226 e. The monoisotopic (exact) mass is 535 g/mol. The van der Waals surface area contributed by atoms with E-state index in [4.69, 9.17) is 9.47 Å². The van der Waals surface area contributed by atoms with E-state index >= 15 is 0 Å². The zero-order valence-electron chi connectivity index (χ0n) is 22.9. The number of aromatic nitrogens is 1. The molecule has 39 heavy (non-hydrogen) atoms. The molecule has 2 saturated heterocycles. The molecule has 208 valence electrons. The number of ether oxygens (including phenoxy) is 2. The fourth-order valence-electron chi connectivity index (χ4n) is 7.21. The van der Waals surface area contributed by atoms with Gasteiger partial charge in [-0.3, -0.25) is 9.69 Å². The summed E-state index contributed by atoms with van der Waals surface area (Å²) in [5.41, 5.74) is 4.10. The summed E-state index contributed by atoms with van der Waals surface area (Å²) in [6, 6.07) is 12.6. The minimum Gasteiger partial charge on any atom is -0.497 e. The maximum absolute atomic E-state index is 14.0. The third kappa shape index (κ3) is 4.62. The molecule has 1 spiro atoms. The molecule has 1 aromatic heterocycles. The molecule has 3 aliphatic heterocycles. The van der Waals surface area contributed by atoms with E-state index in [0.29, 0.717) is 26.3 Å². The van der Waals surface area contributed by atoms with E-state index in [1.165, 1.54) is 17.0 Å². The number of carbonyl (C=O) groups excluding carboxylic acids is 1. The predicted molar refractivity (Wildman–Crippen MR) is 147 cm³/mol. The number of halogens is 1. The van der Waals surface area contributed by atoms with E-state index in [0.717, 1.165) is 61.3 Å². The third-order valence-corrected chi connectivity index (χ3v) is 9.28. The van der Waals surface area contributed by atoms with Crippen molar-refractivity contribution in [2.24, 2.45) is 13.0 Å². The summed E-state index contributed by atoms with van der Waals surface area (Å²) in [6.45, 7) is 4.10. The first-order chi connectivity index (χ1) is 18.9. The Balaban J connectivity index is 1.39. The molecule has 1 amide bonds. The highest BCUT2D eigenvalue weighted by Gasteiger charge is 2.50. The van der Waals surface area contributed by atoms with Gasteiger partial charge in [-0.25, -0.2) is 4.39 Å². The molecule has 1 N–H and O–H groups in total. The number of aryl methyl sites for hydroxylation is 1. The number of methoxy groups -OCH3 is 1. The topological polar surface area (TPSA) is 67.2 Å². The number of hydrogen-bond acceptors (Lipinski definition) is 5. The van der Waals surface area contributed by atoms with Crippen molar-refractivity contribution in [2.45, 2.75) is 43.7 Å². The molecule has 3 aliphatic rings. The van der Waals surface area contributed by atoms with Gasteiger partial charge in [0.25, 0.3) is 0 Å². The highest BCUT2D eigenvalue weighted by atomic mass is 19.1. The second-order valence-electron chi connectivity index (χ2n) is 11.4. The fourth-order valence-corrected chi connectivity index (χ4v) is 7.21. The summed E-state index contributed by atoms with van der Waals surface area (Å²) < 4.78 is 27.1. The molecular weight excluding hydrogens is 497 g/mol. The lowest BCUT2D eigenvalue weighted by atomic mass is 9.68. The van der Waals surface area contributed by atoms with Crippen molar-refractivity contribution in [2.75, 3.05) is 46.6 Å². The van der Waals surface area contributed by atoms with Crippen LogP contribution in [0.25, 0.3) is 10.9 Å². The molecule has 2 aromatic carbocycles. The average molecular weight is 536 g/mol. The van der Waals surface area contributed by atoms with Crippen molar-refractivity contribution in [3.63, 3.8) is 0 Å². The first kappa shape index (κ1) is 26.3. The molecule has 0 radical (unpaired) electrons. The van der Waals surface area contributed by atoms with E-state index in [1.54, 1.807) is 19.2 Å². The summed E-state index contributed by atoms with van der Waals surface area (Å²) in [4.78, 5) is 18.4. The normalized spacial score (nSPS) is 21.8. The maximum atomic E-state index is 14.0. The van der Waals surface area contributed by atoms with Crippen molar-refractivity contribution in [3.05, 3.63) is 65.1 Å². The summed E-state index contributed by atoms with van der Waals surface area (Å²) in [5, 5.41) is 11.9. The largest absolute Gasteiger partial charge is 0.497 e. The number of aliphatic hydroxyl groups excluding tert-OH is 1. The van der Waals surface area contributed by atoms with Crippen molar-refractivity contribution >= 4 is 16.8 Å². The third-order valence-electron chi connectivity index (χ3n) is 9.28. The van der Waals surface area contributed by atoms with Crippen molar-refractivity contribution < 1.29 is 23.8 Å². The molecule has 4 heterocycles. The molecule has 0 unspecified atom stereocenters. The number of amides is 1. The van der Waals surface area contributed by atoms with Gasteiger partial charge < -0.3 is 24.0 Å². The Morgan fingerprint density at radius 1 is 1.15 bits per heavy atom. The summed E-state index contributed by atoms with van der Waals surface area (Å²) in [6.07, 6.45) is 3.22. The number of carbonyl (C=O) groups is 1. The smallest absolute Gasteiger partial charge is 0.226 e. The van der Waals surface area contributed by atoms with Gasteiger partial charge in [-0.15, -0.1) is 0 Å². The molecule has 1 atom stereocenters. The minimum absolute atomic E-state index is 0.0748. The quantitative estimate of drug-likeness (QED) is 0.532. The number of nitrogens with zero attached hydrogens (tertiary/aromatic N) is 3. The molecular formula is C31H38FN3O4. The number of rotatable bonds is 5. The van der Waals surface area contributed by atoms with Gasteiger partial charge in [0.05, 0.1) is 25.3 Å². The first-order valence-electron chi connectivity index (χ1n) is 14.1. The molecule has 0 aliphatic carbocycles. The standard InChI is InChI=1S/C31H38FN3O4/c1-33-26-17-24(38-2)6-7-25(26)28-29(33)27(19-36)35(30(37)22-8-14-39-15-9-22)20-31(28)10-12-34(13-11-31)18-21-4-3-5-23(32)16-21/h3-7,16-17,22,27,36H,8-15,18-20H2,1-2H3/t27-/m0/s1. The van der Waals surface area contributed by atoms with Crippen LogP contribution in [0.15, 0.2) is 42.5 Å². The van der Waals surface area contributed by atoms with E-state index in [1.807, 2.05) is 24.1 Å². The highest BCUT2D eigenvalue weighted by Crippen LogP contribution is 2.50. The summed E-state index contributed by atoms with van der Waals surface area (Å²) >= 11 is 0. The van der Waals surface area contributed by atoms with Crippen LogP contribution >= 0.6 is 0 Å². The van der Waals surface area contributed by atoms with Gasteiger partial charge in [0, 0.05) is 61.8 Å². The number of likely N-dealkylation sites (tertiary alicyclic amines) is 1. The van der Waals surface area contributed by atoms with Crippen LogP contribution in [0.2, 0.25) is 0 Å². The van der Waals surface area contributed by atoms with E-state index < -0.39 is 6.04 Å². The zero-order chi connectivity index (χ0) is 27.1. The van der Waals surface area contributed by atoms with Crippen LogP contribution in [0.5, 0.6) is 5.75 Å². The van der Waals surface area contributed by atoms with Gasteiger partial charge in [0.15, 0.2) is 0 Å². The molecule has 0 saturated carbocycles. The summed E-state index contributed by atoms with van der Waals surface area (Å²) in [7, 11) is 3.71. The number of fused-ring (bicyclic) bond motifs is 4. The first-order valence-corrected chi connectivity index (χ1v) is 14.1. The lowest BCUT2D eigenvalue weighted by molar-refractivity contribution is -0.145. The lowest BCUT2D eigenvalue weighted by Gasteiger charge is -2.51. The SMILES string of the molecule is COc1ccc2c3c(n(C)c2c1)[C@H](CO)N(C(=O)C1CCOCC1)CC31CCN(Cc2cccc(F)c2)CC1. The summed E-state index contributed by atoms with van der Waals surface area (Å²) in [5.74, 6) is 0.637. The van der Waals surface area contributed by atoms with Crippen molar-refractivity contribution in [3.8, 4) is 5.75 Å². The number of aliphatic hydroxyl groups is 1. The Morgan fingerprint density at radius 3 is 2.62 bits per heavy atom. The Morgan fingerprint density at radius 2 is 1.92 bits per heavy atom. The van der Waals surface area contributed by atoms with Crippen LogP contribution in [-0.2, 0) is 28.5 Å². The van der Waals surface area contributed by atoms with E-state index in [-0.39, 0.29) is 29.7 Å². The van der Waals surface area contributed by atoms with Crippen LogP contribution in [0.4, 0.5) is 4.39 Å². The molecule has 0 bridgehead atoms. The molecule has 8 heteroatoms. The Bertz CT molecular complexity index is 1360. The Kier molecular flexibility index (Phi) is 7.12. The van der Waals surface area contributed by atoms with Gasteiger partial charge in [-0.2, -0.15) is 0 Å². The van der Waals surface area contributed by atoms with Crippen LogP contribution in [-0.4, -0.2) is 71.9 Å². The second kappa shape index (κ2) is 10.6. The molecule has 3 aromatic rings. The zero-order valence-corrected chi connectivity index (χ0v) is 22.9. The highest BCUT2D eigenvalue weighted by molar-refractivity contribution is 5.90. The number of hydrogen-bond donors (Lipinski definition) is 1. The molecule has 6 rings (SSSR count). The molecule has 7 nitrogen and oxygen atoms in total. The second-order valence-corrected chi connectivity index (χ2v) is 11.4. The van der Waals surface area contributed by atoms with Gasteiger partial charge in [-0.1, -0.05) is 12.1 Å². The van der Waals surface area contributed by atoms with Gasteiger partial charge in [0.1, 0.15) is 11.6 Å². The van der Waals surface area contributed by atoms with Crippen LogP contribution < -0.4 is 4.74 Å². The fraction of sp³-hybridized carbons (Fsp3) is 0.516. The van der Waals surface area contributed by atoms with Crippen LogP contribution in [0, 0.1) is 11.7 Å². The van der Waals surface area contributed by atoms with Gasteiger partial charge in [0.2, 0.25) is 5.91 Å². The average Bonchev–Trinajstić information content (AvgIpc) is 3.27. The Labute approximate surface area is 229 Å². The minimum atomic E-state index is -0.394. The van der Waals surface area contributed by atoms with Gasteiger partial charge in [-0.05, 0) is 74.2 Å². The number of piperidine rings is 1. The van der Waals surface area contributed by atoms with Crippen molar-refractivity contribution in [1.29, 1.82) is 0 Å². The molecule has 2 fully saturated rings. The lowest BCUT2D eigenvalue weighted by Crippen LogP contribution is -2.56. The van der Waals surface area contributed by atoms with E-state index in [2.05, 4.69) is 21.6 Å². The predicted octanol–water partition coefficient (Wildman–Crippen LogP) is 4.16. The number of benzene rings is 2. The van der Waals surface area contributed by atoms with Crippen LogP contribution in [0.1, 0.15) is 48.5 Å². The van der Waals surface area contributed by atoms with E-state index in [9.17, 15) is 14.3 Å².